The van der Waals surface area contributed by atoms with Crippen LogP contribution in [0.1, 0.15) is 42.4 Å². The van der Waals surface area contributed by atoms with Crippen LogP contribution in [0.15, 0.2) is 17.1 Å². The molecule has 2 aromatic heterocycles. The molecule has 1 aliphatic heterocycles. The fourth-order valence-corrected chi connectivity index (χ4v) is 3.13. The molecular weight excluding hydrogens is 328 g/mol. The van der Waals surface area contributed by atoms with Crippen molar-refractivity contribution in [2.75, 3.05) is 13.7 Å². The Morgan fingerprint density at radius 3 is 2.92 bits per heavy atom. The first kappa shape index (κ1) is 16.9. The Labute approximate surface area is 145 Å². The molecule has 0 fully saturated rings. The van der Waals surface area contributed by atoms with E-state index in [1.54, 1.807) is 13.3 Å². The molecule has 3 rings (SSSR count). The number of hydrogen-bond acceptors (Lipinski definition) is 5. The fraction of sp³-hybridized carbons (Fsp3) is 0.471. The molecule has 1 aliphatic rings. The van der Waals surface area contributed by atoms with Gasteiger partial charge in [-0.2, -0.15) is 0 Å². The van der Waals surface area contributed by atoms with Crippen LogP contribution in [0.5, 0.6) is 5.88 Å². The molecule has 0 saturated heterocycles. The Balaban J connectivity index is 1.78. The van der Waals surface area contributed by atoms with Gasteiger partial charge in [0.25, 0.3) is 5.56 Å². The second-order valence-electron chi connectivity index (χ2n) is 6.33. The third kappa shape index (κ3) is 3.44. The predicted octanol–water partition coefficient (Wildman–Crippen LogP) is 2.51. The zero-order chi connectivity index (χ0) is 17.3. The molecule has 0 radical (unpaired) electrons. The van der Waals surface area contributed by atoms with Crippen LogP contribution in [-0.4, -0.2) is 33.5 Å². The number of pyridine rings is 1. The van der Waals surface area contributed by atoms with Gasteiger partial charge in [0.05, 0.1) is 18.4 Å². The lowest BCUT2D eigenvalue weighted by molar-refractivity contribution is 0.241. The molecule has 0 spiro atoms. The molecule has 24 heavy (non-hydrogen) atoms. The second-order valence-corrected chi connectivity index (χ2v) is 6.73. The maximum absolute atomic E-state index is 12.4. The Morgan fingerprint density at radius 1 is 1.46 bits per heavy atom. The summed E-state index contributed by atoms with van der Waals surface area (Å²) in [5.74, 6) is 1.40. The smallest absolute Gasteiger partial charge is 0.255 e. The SMILES string of the molecule is COc1ncc(CN2CCc3nc(C(C)C)[nH]c(=O)c3C2)cc1Cl. The van der Waals surface area contributed by atoms with Gasteiger partial charge >= 0.3 is 0 Å². The van der Waals surface area contributed by atoms with E-state index in [0.29, 0.717) is 24.0 Å². The summed E-state index contributed by atoms with van der Waals surface area (Å²) < 4.78 is 5.07. The van der Waals surface area contributed by atoms with E-state index in [1.165, 1.54) is 0 Å². The lowest BCUT2D eigenvalue weighted by atomic mass is 10.1. The number of aromatic nitrogens is 3. The van der Waals surface area contributed by atoms with Crippen molar-refractivity contribution in [1.29, 1.82) is 0 Å². The highest BCUT2D eigenvalue weighted by Gasteiger charge is 2.22. The number of nitrogens with one attached hydrogen (secondary N) is 1. The lowest BCUT2D eigenvalue weighted by Crippen LogP contribution is -2.36. The van der Waals surface area contributed by atoms with Crippen molar-refractivity contribution in [3.63, 3.8) is 0 Å². The molecule has 0 aliphatic carbocycles. The van der Waals surface area contributed by atoms with Gasteiger partial charge in [0.15, 0.2) is 0 Å². The van der Waals surface area contributed by atoms with E-state index in [0.717, 1.165) is 35.6 Å². The van der Waals surface area contributed by atoms with Crippen molar-refractivity contribution >= 4 is 11.6 Å². The van der Waals surface area contributed by atoms with Gasteiger partial charge in [-0.15, -0.1) is 0 Å². The summed E-state index contributed by atoms with van der Waals surface area (Å²) in [6, 6.07) is 1.85. The molecular formula is C17H21ClN4O2. The molecule has 7 heteroatoms. The van der Waals surface area contributed by atoms with Crippen LogP contribution in [0.2, 0.25) is 5.02 Å². The zero-order valence-corrected chi connectivity index (χ0v) is 14.9. The number of aromatic amines is 1. The third-order valence-electron chi connectivity index (χ3n) is 4.18. The topological polar surface area (TPSA) is 71.1 Å². The number of fused-ring (bicyclic) bond motifs is 1. The van der Waals surface area contributed by atoms with E-state index >= 15 is 0 Å². The number of H-pyrrole nitrogens is 1. The molecule has 0 unspecified atom stereocenters. The number of ether oxygens (including phenoxy) is 1. The van der Waals surface area contributed by atoms with Crippen LogP contribution in [0, 0.1) is 0 Å². The van der Waals surface area contributed by atoms with Crippen LogP contribution in [0.25, 0.3) is 0 Å². The van der Waals surface area contributed by atoms with Crippen molar-refractivity contribution in [2.45, 2.75) is 39.3 Å². The summed E-state index contributed by atoms with van der Waals surface area (Å²) in [5, 5.41) is 0.494. The van der Waals surface area contributed by atoms with Crippen LogP contribution < -0.4 is 10.3 Å². The normalized spacial score (nSPS) is 14.7. The third-order valence-corrected chi connectivity index (χ3v) is 4.45. The van der Waals surface area contributed by atoms with Crippen LogP contribution in [0.3, 0.4) is 0 Å². The Kier molecular flexibility index (Phi) is 4.87. The van der Waals surface area contributed by atoms with Gasteiger partial charge in [0, 0.05) is 38.2 Å². The number of halogens is 1. The number of methoxy groups -OCH3 is 1. The average molecular weight is 349 g/mol. The van der Waals surface area contributed by atoms with E-state index in [9.17, 15) is 4.79 Å². The molecule has 2 aromatic rings. The van der Waals surface area contributed by atoms with Crippen LogP contribution in [0.4, 0.5) is 0 Å². The molecule has 0 bridgehead atoms. The number of rotatable bonds is 4. The van der Waals surface area contributed by atoms with Gasteiger partial charge in [-0.3, -0.25) is 9.69 Å². The van der Waals surface area contributed by atoms with Gasteiger partial charge in [-0.25, -0.2) is 9.97 Å². The standard InChI is InChI=1S/C17H21ClN4O2/c1-10(2)15-20-14-4-5-22(9-12(14)16(23)21-15)8-11-6-13(18)17(24-3)19-7-11/h6-7,10H,4-5,8-9H2,1-3H3,(H,20,21,23). The summed E-state index contributed by atoms with van der Waals surface area (Å²) >= 11 is 6.13. The van der Waals surface area contributed by atoms with Crippen molar-refractivity contribution in [2.24, 2.45) is 0 Å². The predicted molar refractivity (Wildman–Crippen MR) is 92.6 cm³/mol. The number of nitrogens with zero attached hydrogens (tertiary/aromatic N) is 3. The molecule has 6 nitrogen and oxygen atoms in total. The average Bonchev–Trinajstić information content (AvgIpc) is 2.55. The van der Waals surface area contributed by atoms with Crippen molar-refractivity contribution in [1.82, 2.24) is 19.9 Å². The minimum atomic E-state index is -0.0284. The summed E-state index contributed by atoms with van der Waals surface area (Å²) in [6.45, 7) is 6.17. The largest absolute Gasteiger partial charge is 0.480 e. The minimum absolute atomic E-state index is 0.0284. The minimum Gasteiger partial charge on any atom is -0.480 e. The van der Waals surface area contributed by atoms with E-state index < -0.39 is 0 Å². The summed E-state index contributed by atoms with van der Waals surface area (Å²) in [7, 11) is 1.54. The van der Waals surface area contributed by atoms with Gasteiger partial charge in [-0.1, -0.05) is 25.4 Å². The monoisotopic (exact) mass is 348 g/mol. The van der Waals surface area contributed by atoms with E-state index in [4.69, 9.17) is 16.3 Å². The first-order valence-electron chi connectivity index (χ1n) is 8.00. The second kappa shape index (κ2) is 6.91. The van der Waals surface area contributed by atoms with E-state index in [1.807, 2.05) is 19.9 Å². The lowest BCUT2D eigenvalue weighted by Gasteiger charge is -2.28. The van der Waals surface area contributed by atoms with Gasteiger partial charge in [0.2, 0.25) is 5.88 Å². The first-order chi connectivity index (χ1) is 11.5. The molecule has 1 N–H and O–H groups in total. The summed E-state index contributed by atoms with van der Waals surface area (Å²) in [4.78, 5) is 26.3. The van der Waals surface area contributed by atoms with Crippen molar-refractivity contribution in [3.8, 4) is 5.88 Å². The van der Waals surface area contributed by atoms with Gasteiger partial charge < -0.3 is 9.72 Å². The maximum atomic E-state index is 12.4. The van der Waals surface area contributed by atoms with Crippen molar-refractivity contribution in [3.05, 3.63) is 50.3 Å². The molecule has 0 amide bonds. The highest BCUT2D eigenvalue weighted by Crippen LogP contribution is 2.24. The number of hydrogen-bond donors (Lipinski definition) is 1. The van der Waals surface area contributed by atoms with Gasteiger partial charge in [0.1, 0.15) is 10.8 Å². The maximum Gasteiger partial charge on any atom is 0.255 e. The summed E-state index contributed by atoms with van der Waals surface area (Å²) in [5.41, 5.74) is 2.65. The molecule has 128 valence electrons. The summed E-state index contributed by atoms with van der Waals surface area (Å²) in [6.07, 6.45) is 2.53. The highest BCUT2D eigenvalue weighted by molar-refractivity contribution is 6.31. The van der Waals surface area contributed by atoms with Crippen molar-refractivity contribution < 1.29 is 4.74 Å². The Bertz CT molecular complexity index is 804. The fourth-order valence-electron chi connectivity index (χ4n) is 2.87. The van der Waals surface area contributed by atoms with Crippen LogP contribution >= 0.6 is 11.6 Å². The van der Waals surface area contributed by atoms with Gasteiger partial charge in [-0.05, 0) is 11.6 Å². The highest BCUT2D eigenvalue weighted by atomic mass is 35.5. The Morgan fingerprint density at radius 2 is 2.25 bits per heavy atom. The van der Waals surface area contributed by atoms with E-state index in [2.05, 4.69) is 19.9 Å². The van der Waals surface area contributed by atoms with Crippen LogP contribution in [-0.2, 0) is 19.5 Å². The quantitative estimate of drug-likeness (QED) is 0.919. The first-order valence-corrected chi connectivity index (χ1v) is 8.38. The molecule has 0 atom stereocenters. The molecule has 0 saturated carbocycles. The molecule has 3 heterocycles. The Hall–Kier alpha value is -1.92. The zero-order valence-electron chi connectivity index (χ0n) is 14.1. The molecule has 0 aromatic carbocycles. The van der Waals surface area contributed by atoms with E-state index in [-0.39, 0.29) is 11.5 Å².